The van der Waals surface area contributed by atoms with Crippen molar-refractivity contribution < 1.29 is 17.7 Å². The van der Waals surface area contributed by atoms with E-state index >= 15 is 0 Å². The third-order valence-electron chi connectivity index (χ3n) is 3.86. The standard InChI is InChI=1S/C18H18N2O4S2/c1-2-26(22,23)15-7-5-13(6-8-15)17-12-16(20-24-17)18(21)19-10-9-14-4-3-11-25-14/h3-8,11-12H,2,9-10H2,1H3,(H,19,21). The van der Waals surface area contributed by atoms with Crippen molar-refractivity contribution in [2.24, 2.45) is 0 Å². The minimum absolute atomic E-state index is 0.0461. The predicted molar refractivity (Wildman–Crippen MR) is 100 cm³/mol. The number of nitrogens with one attached hydrogen (secondary N) is 1. The molecule has 1 aromatic carbocycles. The molecule has 0 aliphatic heterocycles. The zero-order valence-electron chi connectivity index (χ0n) is 14.1. The van der Waals surface area contributed by atoms with Crippen LogP contribution in [-0.4, -0.2) is 31.8 Å². The maximum Gasteiger partial charge on any atom is 0.273 e. The molecular weight excluding hydrogens is 372 g/mol. The lowest BCUT2D eigenvalue weighted by molar-refractivity contribution is 0.0945. The van der Waals surface area contributed by atoms with Crippen LogP contribution in [0.1, 0.15) is 22.3 Å². The summed E-state index contributed by atoms with van der Waals surface area (Å²) < 4.78 is 28.9. The van der Waals surface area contributed by atoms with Gasteiger partial charge >= 0.3 is 0 Å². The Morgan fingerprint density at radius 1 is 1.23 bits per heavy atom. The molecule has 0 atom stereocenters. The van der Waals surface area contributed by atoms with Crippen LogP contribution in [0.15, 0.2) is 57.3 Å². The number of carbonyl (C=O) groups excluding carboxylic acids is 1. The normalized spacial score (nSPS) is 11.4. The van der Waals surface area contributed by atoms with Crippen molar-refractivity contribution in [2.75, 3.05) is 12.3 Å². The molecule has 26 heavy (non-hydrogen) atoms. The van der Waals surface area contributed by atoms with Crippen molar-refractivity contribution >= 4 is 27.1 Å². The van der Waals surface area contributed by atoms with E-state index < -0.39 is 9.84 Å². The van der Waals surface area contributed by atoms with Gasteiger partial charge in [0.2, 0.25) is 0 Å². The smallest absolute Gasteiger partial charge is 0.273 e. The van der Waals surface area contributed by atoms with Gasteiger partial charge in [-0.15, -0.1) is 11.3 Å². The van der Waals surface area contributed by atoms with E-state index in [0.29, 0.717) is 17.9 Å². The van der Waals surface area contributed by atoms with Crippen LogP contribution in [-0.2, 0) is 16.3 Å². The Labute approximate surface area is 155 Å². The van der Waals surface area contributed by atoms with Crippen molar-refractivity contribution in [2.45, 2.75) is 18.2 Å². The van der Waals surface area contributed by atoms with E-state index in [1.54, 1.807) is 36.5 Å². The third-order valence-corrected chi connectivity index (χ3v) is 6.54. The summed E-state index contributed by atoms with van der Waals surface area (Å²) in [7, 11) is -3.24. The van der Waals surface area contributed by atoms with E-state index in [0.717, 1.165) is 6.42 Å². The predicted octanol–water partition coefficient (Wildman–Crippen LogP) is 3.17. The zero-order chi connectivity index (χ0) is 18.6. The minimum Gasteiger partial charge on any atom is -0.355 e. The summed E-state index contributed by atoms with van der Waals surface area (Å²) in [5.74, 6) is 0.153. The Morgan fingerprint density at radius 3 is 2.65 bits per heavy atom. The monoisotopic (exact) mass is 390 g/mol. The van der Waals surface area contributed by atoms with Crippen LogP contribution in [0.3, 0.4) is 0 Å². The summed E-state index contributed by atoms with van der Waals surface area (Å²) in [6.45, 7) is 2.12. The molecule has 0 aliphatic carbocycles. The molecule has 0 spiro atoms. The van der Waals surface area contributed by atoms with E-state index in [9.17, 15) is 13.2 Å². The minimum atomic E-state index is -3.24. The first-order valence-electron chi connectivity index (χ1n) is 8.10. The van der Waals surface area contributed by atoms with Crippen LogP contribution in [0.2, 0.25) is 0 Å². The number of benzene rings is 1. The summed E-state index contributed by atoms with van der Waals surface area (Å²) in [6, 6.07) is 11.9. The fraction of sp³-hybridized carbons (Fsp3) is 0.222. The Hall–Kier alpha value is -2.45. The lowest BCUT2D eigenvalue weighted by Crippen LogP contribution is -2.25. The van der Waals surface area contributed by atoms with E-state index in [4.69, 9.17) is 4.52 Å². The SMILES string of the molecule is CCS(=O)(=O)c1ccc(-c2cc(C(=O)NCCc3cccs3)no2)cc1. The summed E-state index contributed by atoms with van der Waals surface area (Å²) >= 11 is 1.65. The van der Waals surface area contributed by atoms with Crippen LogP contribution < -0.4 is 5.32 Å². The molecule has 6 nitrogen and oxygen atoms in total. The van der Waals surface area contributed by atoms with Gasteiger partial charge < -0.3 is 9.84 Å². The summed E-state index contributed by atoms with van der Waals surface area (Å²) in [5.41, 5.74) is 0.849. The van der Waals surface area contributed by atoms with Gasteiger partial charge in [-0.1, -0.05) is 18.1 Å². The first-order chi connectivity index (χ1) is 12.5. The molecule has 0 fully saturated rings. The second-order valence-electron chi connectivity index (χ2n) is 5.59. The maximum absolute atomic E-state index is 12.1. The second kappa shape index (κ2) is 7.84. The second-order valence-corrected chi connectivity index (χ2v) is 8.90. The number of sulfone groups is 1. The number of hydrogen-bond donors (Lipinski definition) is 1. The lowest BCUT2D eigenvalue weighted by Gasteiger charge is -2.01. The summed E-state index contributed by atoms with van der Waals surface area (Å²) in [4.78, 5) is 13.6. The lowest BCUT2D eigenvalue weighted by atomic mass is 10.1. The molecule has 1 amide bonds. The Bertz CT molecular complexity index is 975. The fourth-order valence-electron chi connectivity index (χ4n) is 2.36. The number of hydrogen-bond acceptors (Lipinski definition) is 6. The van der Waals surface area contributed by atoms with E-state index in [2.05, 4.69) is 10.5 Å². The van der Waals surface area contributed by atoms with Gasteiger partial charge in [0.1, 0.15) is 0 Å². The van der Waals surface area contributed by atoms with Gasteiger partial charge in [0.25, 0.3) is 5.91 Å². The van der Waals surface area contributed by atoms with E-state index in [-0.39, 0.29) is 22.2 Å². The van der Waals surface area contributed by atoms with Gasteiger partial charge in [0.05, 0.1) is 10.6 Å². The molecule has 0 bridgehead atoms. The molecule has 3 rings (SSSR count). The van der Waals surface area contributed by atoms with Crippen molar-refractivity contribution in [3.05, 3.63) is 58.4 Å². The number of carbonyl (C=O) groups is 1. The molecule has 0 saturated carbocycles. The number of thiophene rings is 1. The average Bonchev–Trinajstić information content (AvgIpc) is 3.34. The van der Waals surface area contributed by atoms with Crippen molar-refractivity contribution in [3.8, 4) is 11.3 Å². The Morgan fingerprint density at radius 2 is 2.00 bits per heavy atom. The fourth-order valence-corrected chi connectivity index (χ4v) is 3.95. The Balaban J connectivity index is 1.64. The molecule has 0 saturated heterocycles. The van der Waals surface area contributed by atoms with Gasteiger partial charge in [-0.05, 0) is 42.1 Å². The number of aromatic nitrogens is 1. The van der Waals surface area contributed by atoms with Crippen LogP contribution in [0.25, 0.3) is 11.3 Å². The van der Waals surface area contributed by atoms with Crippen molar-refractivity contribution in [3.63, 3.8) is 0 Å². The Kier molecular flexibility index (Phi) is 5.53. The van der Waals surface area contributed by atoms with Gasteiger partial charge in [0, 0.05) is 23.1 Å². The molecule has 2 heterocycles. The molecule has 0 radical (unpaired) electrons. The third kappa shape index (κ3) is 4.20. The van der Waals surface area contributed by atoms with Crippen molar-refractivity contribution in [1.29, 1.82) is 0 Å². The van der Waals surface area contributed by atoms with Gasteiger partial charge in [-0.3, -0.25) is 4.79 Å². The molecule has 0 aliphatic rings. The highest BCUT2D eigenvalue weighted by atomic mass is 32.2. The van der Waals surface area contributed by atoms with E-state index in [1.165, 1.54) is 17.0 Å². The first-order valence-corrected chi connectivity index (χ1v) is 10.6. The van der Waals surface area contributed by atoms with Crippen molar-refractivity contribution in [1.82, 2.24) is 10.5 Å². The van der Waals surface area contributed by atoms with Crippen LogP contribution in [0.5, 0.6) is 0 Å². The molecule has 8 heteroatoms. The largest absolute Gasteiger partial charge is 0.355 e. The first kappa shape index (κ1) is 18.3. The van der Waals surface area contributed by atoms with Crippen LogP contribution >= 0.6 is 11.3 Å². The van der Waals surface area contributed by atoms with Gasteiger partial charge in [-0.25, -0.2) is 8.42 Å². The molecule has 1 N–H and O–H groups in total. The molecule has 2 aromatic heterocycles. The molecule has 136 valence electrons. The molecular formula is C18H18N2O4S2. The number of rotatable bonds is 7. The van der Waals surface area contributed by atoms with Crippen LogP contribution in [0.4, 0.5) is 0 Å². The highest BCUT2D eigenvalue weighted by molar-refractivity contribution is 7.91. The zero-order valence-corrected chi connectivity index (χ0v) is 15.8. The number of nitrogens with zero attached hydrogens (tertiary/aromatic N) is 1. The van der Waals surface area contributed by atoms with Crippen LogP contribution in [0, 0.1) is 0 Å². The summed E-state index contributed by atoms with van der Waals surface area (Å²) in [6.07, 6.45) is 0.765. The topological polar surface area (TPSA) is 89.3 Å². The highest BCUT2D eigenvalue weighted by Gasteiger charge is 2.15. The van der Waals surface area contributed by atoms with Gasteiger partial charge in [0.15, 0.2) is 21.3 Å². The maximum atomic E-state index is 12.1. The quantitative estimate of drug-likeness (QED) is 0.669. The number of amides is 1. The summed E-state index contributed by atoms with van der Waals surface area (Å²) in [5, 5.41) is 8.60. The van der Waals surface area contributed by atoms with Gasteiger partial charge in [-0.2, -0.15) is 0 Å². The molecule has 0 unspecified atom stereocenters. The molecule has 3 aromatic rings. The van der Waals surface area contributed by atoms with E-state index in [1.807, 2.05) is 17.5 Å². The highest BCUT2D eigenvalue weighted by Crippen LogP contribution is 2.22. The average molecular weight is 390 g/mol.